The number of anilines is 1. The van der Waals surface area contributed by atoms with Crippen LogP contribution >= 0.6 is 0 Å². The lowest BCUT2D eigenvalue weighted by Crippen LogP contribution is -2.32. The maximum Gasteiger partial charge on any atom is 0.319 e. The molecule has 122 valence electrons. The summed E-state index contributed by atoms with van der Waals surface area (Å²) in [6.07, 6.45) is 0. The first kappa shape index (κ1) is 16.5. The summed E-state index contributed by atoms with van der Waals surface area (Å²) in [5, 5.41) is 5.44. The quantitative estimate of drug-likeness (QED) is 0.771. The van der Waals surface area contributed by atoms with E-state index in [1.807, 2.05) is 30.3 Å². The number of amides is 2. The molecule has 6 heteroatoms. The molecule has 0 spiro atoms. The highest BCUT2D eigenvalue weighted by Gasteiger charge is 2.08. The van der Waals surface area contributed by atoms with Crippen LogP contribution in [0.2, 0.25) is 0 Å². The maximum absolute atomic E-state index is 11.9. The topological polar surface area (TPSA) is 68.8 Å². The largest absolute Gasteiger partial charge is 0.497 e. The van der Waals surface area contributed by atoms with Crippen molar-refractivity contribution in [3.8, 4) is 17.2 Å². The lowest BCUT2D eigenvalue weighted by molar-refractivity contribution is 0.247. The van der Waals surface area contributed by atoms with Crippen LogP contribution in [0.15, 0.2) is 48.5 Å². The molecule has 0 atom stereocenters. The number of rotatable bonds is 7. The van der Waals surface area contributed by atoms with Crippen LogP contribution in [0.4, 0.5) is 10.5 Å². The zero-order valence-electron chi connectivity index (χ0n) is 13.2. The van der Waals surface area contributed by atoms with Crippen LogP contribution in [0, 0.1) is 0 Å². The minimum Gasteiger partial charge on any atom is -0.497 e. The van der Waals surface area contributed by atoms with E-state index in [0.29, 0.717) is 30.3 Å². The molecule has 0 aliphatic rings. The summed E-state index contributed by atoms with van der Waals surface area (Å²) in [4.78, 5) is 11.9. The van der Waals surface area contributed by atoms with E-state index in [0.717, 1.165) is 5.75 Å². The van der Waals surface area contributed by atoms with Crippen molar-refractivity contribution in [3.05, 3.63) is 48.5 Å². The monoisotopic (exact) mass is 316 g/mol. The van der Waals surface area contributed by atoms with Gasteiger partial charge >= 0.3 is 6.03 Å². The first-order valence-electron chi connectivity index (χ1n) is 7.17. The van der Waals surface area contributed by atoms with Crippen LogP contribution in [0.3, 0.4) is 0 Å². The fourth-order valence-corrected chi connectivity index (χ4v) is 1.93. The van der Waals surface area contributed by atoms with Crippen molar-refractivity contribution in [2.75, 3.05) is 32.7 Å². The molecule has 0 heterocycles. The Morgan fingerprint density at radius 1 is 1.00 bits per heavy atom. The highest BCUT2D eigenvalue weighted by Crippen LogP contribution is 2.28. The van der Waals surface area contributed by atoms with Crippen LogP contribution in [0.25, 0.3) is 0 Å². The summed E-state index contributed by atoms with van der Waals surface area (Å²) in [6, 6.07) is 14.3. The van der Waals surface area contributed by atoms with Gasteiger partial charge in [0.25, 0.3) is 0 Å². The number of benzene rings is 2. The molecule has 2 rings (SSSR count). The normalized spacial score (nSPS) is 9.83. The van der Waals surface area contributed by atoms with Crippen molar-refractivity contribution in [3.63, 3.8) is 0 Å². The van der Waals surface area contributed by atoms with Gasteiger partial charge in [-0.3, -0.25) is 0 Å². The molecule has 0 radical (unpaired) electrons. The molecule has 0 saturated carbocycles. The maximum atomic E-state index is 11.9. The predicted molar refractivity (Wildman–Crippen MR) is 88.5 cm³/mol. The van der Waals surface area contributed by atoms with Crippen LogP contribution in [0.5, 0.6) is 17.2 Å². The molecule has 0 bridgehead atoms. The van der Waals surface area contributed by atoms with Crippen LogP contribution < -0.4 is 24.8 Å². The summed E-state index contributed by atoms with van der Waals surface area (Å²) in [6.45, 7) is 0.764. The van der Waals surface area contributed by atoms with Crippen molar-refractivity contribution in [1.82, 2.24) is 5.32 Å². The molecule has 2 N–H and O–H groups in total. The Morgan fingerprint density at radius 2 is 1.78 bits per heavy atom. The third-order valence-electron chi connectivity index (χ3n) is 3.05. The van der Waals surface area contributed by atoms with Gasteiger partial charge in [-0.15, -0.1) is 0 Å². The van der Waals surface area contributed by atoms with E-state index in [4.69, 9.17) is 14.2 Å². The molecular formula is C17H20N2O4. The van der Waals surface area contributed by atoms with Gasteiger partial charge in [0.1, 0.15) is 23.9 Å². The summed E-state index contributed by atoms with van der Waals surface area (Å²) in [5.74, 6) is 1.96. The Balaban J connectivity index is 1.80. The molecule has 0 saturated heterocycles. The molecule has 6 nitrogen and oxygen atoms in total. The Bertz CT molecular complexity index is 632. The molecule has 0 aliphatic heterocycles. The lowest BCUT2D eigenvalue weighted by atomic mass is 10.2. The number of nitrogens with one attached hydrogen (secondary N) is 2. The Morgan fingerprint density at radius 3 is 2.48 bits per heavy atom. The highest BCUT2D eigenvalue weighted by atomic mass is 16.5. The van der Waals surface area contributed by atoms with Gasteiger partial charge in [0.2, 0.25) is 0 Å². The fraction of sp³-hybridized carbons (Fsp3) is 0.235. The number of urea groups is 1. The van der Waals surface area contributed by atoms with Crippen molar-refractivity contribution < 1.29 is 19.0 Å². The van der Waals surface area contributed by atoms with Crippen LogP contribution in [-0.2, 0) is 0 Å². The van der Waals surface area contributed by atoms with E-state index in [1.165, 1.54) is 0 Å². The number of carbonyl (C=O) groups excluding carboxylic acids is 1. The number of methoxy groups -OCH3 is 2. The van der Waals surface area contributed by atoms with Gasteiger partial charge in [0.15, 0.2) is 0 Å². The predicted octanol–water partition coefficient (Wildman–Crippen LogP) is 2.90. The fourth-order valence-electron chi connectivity index (χ4n) is 1.93. The van der Waals surface area contributed by atoms with Crippen molar-refractivity contribution in [2.24, 2.45) is 0 Å². The van der Waals surface area contributed by atoms with E-state index in [9.17, 15) is 4.79 Å². The van der Waals surface area contributed by atoms with Gasteiger partial charge in [-0.1, -0.05) is 18.2 Å². The average molecular weight is 316 g/mol. The van der Waals surface area contributed by atoms with Crippen LogP contribution in [0.1, 0.15) is 0 Å². The number of hydrogen-bond acceptors (Lipinski definition) is 4. The Kier molecular flexibility index (Phi) is 6.11. The smallest absolute Gasteiger partial charge is 0.319 e. The lowest BCUT2D eigenvalue weighted by Gasteiger charge is -2.12. The van der Waals surface area contributed by atoms with E-state index in [1.54, 1.807) is 32.4 Å². The van der Waals surface area contributed by atoms with Gasteiger partial charge < -0.3 is 24.8 Å². The van der Waals surface area contributed by atoms with Gasteiger partial charge in [0.05, 0.1) is 26.5 Å². The summed E-state index contributed by atoms with van der Waals surface area (Å²) >= 11 is 0. The molecule has 0 aliphatic carbocycles. The molecule has 2 aromatic rings. The molecule has 23 heavy (non-hydrogen) atoms. The Hall–Kier alpha value is -2.89. The second-order valence-corrected chi connectivity index (χ2v) is 4.61. The highest BCUT2D eigenvalue weighted by molar-refractivity contribution is 5.91. The number of ether oxygens (including phenoxy) is 3. The van der Waals surface area contributed by atoms with Crippen molar-refractivity contribution in [1.29, 1.82) is 0 Å². The van der Waals surface area contributed by atoms with E-state index < -0.39 is 0 Å². The van der Waals surface area contributed by atoms with Crippen molar-refractivity contribution in [2.45, 2.75) is 0 Å². The molecule has 2 aromatic carbocycles. The molecule has 0 fully saturated rings. The zero-order valence-corrected chi connectivity index (χ0v) is 13.2. The summed E-state index contributed by atoms with van der Waals surface area (Å²) < 4.78 is 15.8. The average Bonchev–Trinajstić information content (AvgIpc) is 2.59. The second kappa shape index (κ2) is 8.53. The second-order valence-electron chi connectivity index (χ2n) is 4.61. The minimum atomic E-state index is -0.340. The summed E-state index contributed by atoms with van der Waals surface area (Å²) in [7, 11) is 3.10. The van der Waals surface area contributed by atoms with E-state index >= 15 is 0 Å². The molecule has 2 amide bonds. The third kappa shape index (κ3) is 5.10. The van der Waals surface area contributed by atoms with Gasteiger partial charge in [0, 0.05) is 6.07 Å². The van der Waals surface area contributed by atoms with Gasteiger partial charge in [-0.25, -0.2) is 4.79 Å². The van der Waals surface area contributed by atoms with E-state index in [2.05, 4.69) is 10.6 Å². The van der Waals surface area contributed by atoms with Crippen LogP contribution in [-0.4, -0.2) is 33.4 Å². The molecule has 0 aromatic heterocycles. The molecular weight excluding hydrogens is 296 g/mol. The zero-order chi connectivity index (χ0) is 16.5. The summed E-state index contributed by atoms with van der Waals surface area (Å²) in [5.41, 5.74) is 0.535. The number of carbonyl (C=O) groups is 1. The SMILES string of the molecule is COc1ccc(OC)c(NC(=O)NCCOc2ccccc2)c1. The number of para-hydroxylation sites is 1. The van der Waals surface area contributed by atoms with Gasteiger partial charge in [-0.2, -0.15) is 0 Å². The number of hydrogen-bond donors (Lipinski definition) is 2. The first-order valence-corrected chi connectivity index (χ1v) is 7.17. The first-order chi connectivity index (χ1) is 11.2. The van der Waals surface area contributed by atoms with E-state index in [-0.39, 0.29) is 6.03 Å². The Labute approximate surface area is 135 Å². The molecule has 0 unspecified atom stereocenters. The van der Waals surface area contributed by atoms with Gasteiger partial charge in [-0.05, 0) is 24.3 Å². The third-order valence-corrected chi connectivity index (χ3v) is 3.05. The standard InChI is InChI=1S/C17H20N2O4/c1-21-14-8-9-16(22-2)15(12-14)19-17(20)18-10-11-23-13-6-4-3-5-7-13/h3-9,12H,10-11H2,1-2H3,(H2,18,19,20). The van der Waals surface area contributed by atoms with Crippen molar-refractivity contribution >= 4 is 11.7 Å². The minimum absolute atomic E-state index is 0.340.